The molecule has 0 aliphatic heterocycles. The fourth-order valence-electron chi connectivity index (χ4n) is 1.29. The third kappa shape index (κ3) is 2.15. The standard InChI is InChI=1S/C11H13N3S/c1-7(2)11-13-8(6-10(12)14-11)9-4-3-5-15-9/h3-7H,1-2H3,(H2,12,13,14). The van der Waals surface area contributed by atoms with Crippen LogP contribution in [0.3, 0.4) is 0 Å². The van der Waals surface area contributed by atoms with Crippen LogP contribution in [0.25, 0.3) is 10.6 Å². The highest BCUT2D eigenvalue weighted by atomic mass is 32.1. The topological polar surface area (TPSA) is 51.8 Å². The summed E-state index contributed by atoms with van der Waals surface area (Å²) in [6, 6.07) is 5.86. The molecule has 2 rings (SSSR count). The molecule has 0 saturated heterocycles. The lowest BCUT2D eigenvalue weighted by Crippen LogP contribution is -2.02. The molecule has 0 atom stereocenters. The van der Waals surface area contributed by atoms with Crippen molar-refractivity contribution in [2.45, 2.75) is 19.8 Å². The quantitative estimate of drug-likeness (QED) is 0.845. The molecule has 0 amide bonds. The maximum Gasteiger partial charge on any atom is 0.133 e. The Kier molecular flexibility index (Phi) is 2.68. The van der Waals surface area contributed by atoms with Gasteiger partial charge in [-0.3, -0.25) is 0 Å². The smallest absolute Gasteiger partial charge is 0.133 e. The number of aromatic nitrogens is 2. The Bertz CT molecular complexity index is 449. The molecule has 4 heteroatoms. The normalized spacial score (nSPS) is 10.9. The van der Waals surface area contributed by atoms with Crippen molar-refractivity contribution >= 4 is 17.2 Å². The van der Waals surface area contributed by atoms with Crippen LogP contribution < -0.4 is 5.73 Å². The summed E-state index contributed by atoms with van der Waals surface area (Å²) in [4.78, 5) is 9.84. The van der Waals surface area contributed by atoms with Crippen LogP contribution in [0.15, 0.2) is 23.6 Å². The van der Waals surface area contributed by atoms with Crippen molar-refractivity contribution in [1.82, 2.24) is 9.97 Å². The number of nitrogens with two attached hydrogens (primary N) is 1. The van der Waals surface area contributed by atoms with E-state index in [4.69, 9.17) is 5.73 Å². The number of rotatable bonds is 2. The summed E-state index contributed by atoms with van der Waals surface area (Å²) in [5, 5.41) is 2.03. The fraction of sp³-hybridized carbons (Fsp3) is 0.273. The Balaban J connectivity index is 2.49. The van der Waals surface area contributed by atoms with Gasteiger partial charge in [-0.25, -0.2) is 9.97 Å². The third-order valence-electron chi connectivity index (χ3n) is 2.05. The summed E-state index contributed by atoms with van der Waals surface area (Å²) in [7, 11) is 0. The zero-order valence-corrected chi connectivity index (χ0v) is 9.58. The van der Waals surface area contributed by atoms with Crippen molar-refractivity contribution in [2.24, 2.45) is 0 Å². The molecule has 2 heterocycles. The van der Waals surface area contributed by atoms with Gasteiger partial charge in [-0.1, -0.05) is 19.9 Å². The zero-order chi connectivity index (χ0) is 10.8. The molecular weight excluding hydrogens is 206 g/mol. The van der Waals surface area contributed by atoms with Crippen molar-refractivity contribution in [1.29, 1.82) is 0 Å². The van der Waals surface area contributed by atoms with E-state index in [1.165, 1.54) is 0 Å². The Morgan fingerprint density at radius 1 is 1.33 bits per heavy atom. The first kappa shape index (κ1) is 10.1. The Morgan fingerprint density at radius 3 is 2.73 bits per heavy atom. The van der Waals surface area contributed by atoms with E-state index < -0.39 is 0 Å². The van der Waals surface area contributed by atoms with E-state index in [2.05, 4.69) is 23.8 Å². The van der Waals surface area contributed by atoms with Crippen molar-refractivity contribution < 1.29 is 0 Å². The average molecular weight is 219 g/mol. The summed E-state index contributed by atoms with van der Waals surface area (Å²) < 4.78 is 0. The molecule has 2 N–H and O–H groups in total. The SMILES string of the molecule is CC(C)c1nc(N)cc(-c2cccs2)n1. The zero-order valence-electron chi connectivity index (χ0n) is 8.77. The first-order chi connectivity index (χ1) is 7.16. The number of hydrogen-bond donors (Lipinski definition) is 1. The van der Waals surface area contributed by atoms with E-state index in [-0.39, 0.29) is 0 Å². The second-order valence-electron chi connectivity index (χ2n) is 3.67. The van der Waals surface area contributed by atoms with Gasteiger partial charge in [0.1, 0.15) is 11.6 Å². The Hall–Kier alpha value is -1.42. The number of hydrogen-bond acceptors (Lipinski definition) is 4. The molecule has 2 aromatic rings. The lowest BCUT2D eigenvalue weighted by atomic mass is 10.2. The summed E-state index contributed by atoms with van der Waals surface area (Å²) in [5.74, 6) is 1.64. The molecule has 0 aromatic carbocycles. The van der Waals surface area contributed by atoms with Crippen LogP contribution in [0.1, 0.15) is 25.6 Å². The largest absolute Gasteiger partial charge is 0.384 e. The average Bonchev–Trinajstić information content (AvgIpc) is 2.69. The summed E-state index contributed by atoms with van der Waals surface area (Å²) in [5.41, 5.74) is 6.67. The molecule has 15 heavy (non-hydrogen) atoms. The second-order valence-corrected chi connectivity index (χ2v) is 4.62. The van der Waals surface area contributed by atoms with Crippen molar-refractivity contribution in [3.8, 4) is 10.6 Å². The van der Waals surface area contributed by atoms with E-state index in [0.717, 1.165) is 16.4 Å². The highest BCUT2D eigenvalue weighted by molar-refractivity contribution is 7.13. The van der Waals surface area contributed by atoms with Crippen molar-refractivity contribution in [3.63, 3.8) is 0 Å². The number of thiophene rings is 1. The van der Waals surface area contributed by atoms with Crippen LogP contribution in [0.2, 0.25) is 0 Å². The Morgan fingerprint density at radius 2 is 2.13 bits per heavy atom. The summed E-state index contributed by atoms with van der Waals surface area (Å²) in [6.07, 6.45) is 0. The van der Waals surface area contributed by atoms with E-state index in [9.17, 15) is 0 Å². The van der Waals surface area contributed by atoms with E-state index in [1.807, 2.05) is 23.6 Å². The predicted molar refractivity (Wildman–Crippen MR) is 63.8 cm³/mol. The van der Waals surface area contributed by atoms with Gasteiger partial charge in [-0.05, 0) is 11.4 Å². The van der Waals surface area contributed by atoms with Gasteiger partial charge in [0.2, 0.25) is 0 Å². The van der Waals surface area contributed by atoms with Gasteiger partial charge in [0.15, 0.2) is 0 Å². The molecule has 0 unspecified atom stereocenters. The molecule has 0 saturated carbocycles. The first-order valence-corrected chi connectivity index (χ1v) is 5.73. The molecule has 0 spiro atoms. The maximum atomic E-state index is 5.76. The maximum absolute atomic E-state index is 5.76. The molecule has 0 aliphatic rings. The minimum atomic E-state index is 0.298. The van der Waals surface area contributed by atoms with Crippen LogP contribution in [-0.2, 0) is 0 Å². The minimum absolute atomic E-state index is 0.298. The van der Waals surface area contributed by atoms with Crippen molar-refractivity contribution in [3.05, 3.63) is 29.4 Å². The predicted octanol–water partition coefficient (Wildman–Crippen LogP) is 2.91. The van der Waals surface area contributed by atoms with Crippen molar-refractivity contribution in [2.75, 3.05) is 5.73 Å². The van der Waals surface area contributed by atoms with E-state index in [1.54, 1.807) is 11.3 Å². The van der Waals surface area contributed by atoms with Gasteiger partial charge in [0, 0.05) is 12.0 Å². The number of anilines is 1. The van der Waals surface area contributed by atoms with Gasteiger partial charge in [0.25, 0.3) is 0 Å². The fourth-order valence-corrected chi connectivity index (χ4v) is 1.98. The highest BCUT2D eigenvalue weighted by Crippen LogP contribution is 2.25. The molecular formula is C11H13N3S. The molecule has 0 aliphatic carbocycles. The van der Waals surface area contributed by atoms with Crippen LogP contribution in [0.5, 0.6) is 0 Å². The van der Waals surface area contributed by atoms with Crippen LogP contribution in [0.4, 0.5) is 5.82 Å². The minimum Gasteiger partial charge on any atom is -0.384 e. The Labute approximate surface area is 93.0 Å². The van der Waals surface area contributed by atoms with Gasteiger partial charge >= 0.3 is 0 Å². The summed E-state index contributed by atoms with van der Waals surface area (Å²) >= 11 is 1.66. The monoisotopic (exact) mass is 219 g/mol. The van der Waals surface area contributed by atoms with Gasteiger partial charge < -0.3 is 5.73 Å². The van der Waals surface area contributed by atoms with Gasteiger partial charge in [-0.2, -0.15) is 0 Å². The molecule has 0 bridgehead atoms. The molecule has 3 nitrogen and oxygen atoms in total. The lowest BCUT2D eigenvalue weighted by Gasteiger charge is -2.06. The summed E-state index contributed by atoms with van der Waals surface area (Å²) in [6.45, 7) is 4.12. The van der Waals surface area contributed by atoms with Crippen LogP contribution in [0, 0.1) is 0 Å². The molecule has 0 fully saturated rings. The molecule has 78 valence electrons. The number of nitrogens with zero attached hydrogens (tertiary/aromatic N) is 2. The lowest BCUT2D eigenvalue weighted by molar-refractivity contribution is 0.779. The molecule has 2 aromatic heterocycles. The van der Waals surface area contributed by atoms with Crippen LogP contribution in [-0.4, -0.2) is 9.97 Å². The second kappa shape index (κ2) is 3.98. The number of nitrogen functional groups attached to an aromatic ring is 1. The van der Waals surface area contributed by atoms with E-state index >= 15 is 0 Å². The van der Waals surface area contributed by atoms with E-state index in [0.29, 0.717) is 11.7 Å². The first-order valence-electron chi connectivity index (χ1n) is 4.85. The van der Waals surface area contributed by atoms with Gasteiger partial charge in [0.05, 0.1) is 10.6 Å². The molecule has 0 radical (unpaired) electrons. The highest BCUT2D eigenvalue weighted by Gasteiger charge is 2.08. The third-order valence-corrected chi connectivity index (χ3v) is 2.95. The van der Waals surface area contributed by atoms with Gasteiger partial charge in [-0.15, -0.1) is 11.3 Å². The van der Waals surface area contributed by atoms with Crippen LogP contribution >= 0.6 is 11.3 Å².